The first kappa shape index (κ1) is 19.0. The molecule has 4 rings (SSSR count). The first-order valence-corrected chi connectivity index (χ1v) is 10.7. The summed E-state index contributed by atoms with van der Waals surface area (Å²) in [5.74, 6) is 1.89. The van der Waals surface area contributed by atoms with Crippen molar-refractivity contribution in [1.29, 1.82) is 5.26 Å². The standard InChI is InChI=1S/C24H30N4/c1-27-11-13-28(14-12-27)24-17-22(21-9-7-20(18-25)8-10-21)16-23(26-24)15-19-5-3-2-4-6-19/h7-10,16-17,19H,2-6,11-15H2,1H3. The molecule has 0 unspecified atom stereocenters. The molecule has 2 fully saturated rings. The van der Waals surface area contributed by atoms with Gasteiger partial charge in [-0.3, -0.25) is 0 Å². The molecule has 1 aliphatic heterocycles. The van der Waals surface area contributed by atoms with Crippen molar-refractivity contribution in [2.75, 3.05) is 38.1 Å². The van der Waals surface area contributed by atoms with Gasteiger partial charge in [-0.2, -0.15) is 5.26 Å². The Hall–Kier alpha value is -2.38. The summed E-state index contributed by atoms with van der Waals surface area (Å²) < 4.78 is 0. The quantitative estimate of drug-likeness (QED) is 0.790. The Balaban J connectivity index is 1.64. The molecular weight excluding hydrogens is 344 g/mol. The van der Waals surface area contributed by atoms with E-state index < -0.39 is 0 Å². The molecule has 0 atom stereocenters. The van der Waals surface area contributed by atoms with Crippen LogP contribution in [0.5, 0.6) is 0 Å². The maximum Gasteiger partial charge on any atom is 0.129 e. The number of aromatic nitrogens is 1. The fraction of sp³-hybridized carbons (Fsp3) is 0.500. The summed E-state index contributed by atoms with van der Waals surface area (Å²) in [6, 6.07) is 14.7. The number of nitrogens with zero attached hydrogens (tertiary/aromatic N) is 4. The van der Waals surface area contributed by atoms with E-state index in [1.165, 1.54) is 48.9 Å². The van der Waals surface area contributed by atoms with Crippen molar-refractivity contribution < 1.29 is 0 Å². The molecule has 1 aromatic heterocycles. The van der Waals surface area contributed by atoms with Gasteiger partial charge in [-0.25, -0.2) is 4.98 Å². The highest BCUT2D eigenvalue weighted by atomic mass is 15.3. The lowest BCUT2D eigenvalue weighted by Gasteiger charge is -2.33. The Bertz CT molecular complexity index is 823. The second-order valence-corrected chi connectivity index (χ2v) is 8.39. The minimum Gasteiger partial charge on any atom is -0.354 e. The van der Waals surface area contributed by atoms with Crippen LogP contribution in [0.2, 0.25) is 0 Å². The van der Waals surface area contributed by atoms with Crippen molar-refractivity contribution in [3.8, 4) is 17.2 Å². The van der Waals surface area contributed by atoms with Crippen LogP contribution >= 0.6 is 0 Å². The third-order valence-electron chi connectivity index (χ3n) is 6.26. The summed E-state index contributed by atoms with van der Waals surface area (Å²) in [4.78, 5) is 9.90. The van der Waals surface area contributed by atoms with Crippen LogP contribution in [0.15, 0.2) is 36.4 Å². The number of anilines is 1. The average molecular weight is 375 g/mol. The molecule has 0 N–H and O–H groups in total. The van der Waals surface area contributed by atoms with Gasteiger partial charge < -0.3 is 9.80 Å². The third-order valence-corrected chi connectivity index (χ3v) is 6.26. The van der Waals surface area contributed by atoms with E-state index in [0.29, 0.717) is 5.56 Å². The molecule has 0 spiro atoms. The molecule has 1 aromatic carbocycles. The lowest BCUT2D eigenvalue weighted by molar-refractivity contribution is 0.312. The number of hydrogen-bond donors (Lipinski definition) is 0. The monoisotopic (exact) mass is 374 g/mol. The van der Waals surface area contributed by atoms with Gasteiger partial charge in [0.1, 0.15) is 5.82 Å². The van der Waals surface area contributed by atoms with Gasteiger partial charge in [0.2, 0.25) is 0 Å². The van der Waals surface area contributed by atoms with Gasteiger partial charge in [0.05, 0.1) is 11.6 Å². The molecule has 0 bridgehead atoms. The molecule has 2 aromatic rings. The fourth-order valence-corrected chi connectivity index (χ4v) is 4.46. The number of benzene rings is 1. The number of hydrogen-bond acceptors (Lipinski definition) is 4. The van der Waals surface area contributed by atoms with E-state index in [4.69, 9.17) is 10.2 Å². The van der Waals surface area contributed by atoms with Gasteiger partial charge in [0.15, 0.2) is 0 Å². The summed E-state index contributed by atoms with van der Waals surface area (Å²) >= 11 is 0. The van der Waals surface area contributed by atoms with Crippen LogP contribution in [0, 0.1) is 17.2 Å². The summed E-state index contributed by atoms with van der Waals surface area (Å²) in [6.07, 6.45) is 7.89. The molecular formula is C24H30N4. The van der Waals surface area contributed by atoms with Crippen LogP contribution in [-0.4, -0.2) is 43.1 Å². The van der Waals surface area contributed by atoms with E-state index in [9.17, 15) is 0 Å². The van der Waals surface area contributed by atoms with Crippen molar-refractivity contribution in [2.24, 2.45) is 5.92 Å². The minimum absolute atomic E-state index is 0.708. The molecule has 0 amide bonds. The van der Waals surface area contributed by atoms with E-state index >= 15 is 0 Å². The number of piperazine rings is 1. The molecule has 146 valence electrons. The maximum atomic E-state index is 9.09. The molecule has 2 heterocycles. The van der Waals surface area contributed by atoms with Gasteiger partial charge in [-0.15, -0.1) is 0 Å². The van der Waals surface area contributed by atoms with E-state index in [-0.39, 0.29) is 0 Å². The van der Waals surface area contributed by atoms with E-state index in [1.807, 2.05) is 12.1 Å². The van der Waals surface area contributed by atoms with Gasteiger partial charge in [0.25, 0.3) is 0 Å². The first-order valence-electron chi connectivity index (χ1n) is 10.7. The van der Waals surface area contributed by atoms with Crippen LogP contribution in [-0.2, 0) is 6.42 Å². The highest BCUT2D eigenvalue weighted by Gasteiger charge is 2.19. The number of pyridine rings is 1. The summed E-state index contributed by atoms with van der Waals surface area (Å²) in [6.45, 7) is 4.23. The van der Waals surface area contributed by atoms with Crippen LogP contribution in [0.1, 0.15) is 43.4 Å². The first-order chi connectivity index (χ1) is 13.7. The Kier molecular flexibility index (Phi) is 5.92. The van der Waals surface area contributed by atoms with Crippen molar-refractivity contribution >= 4 is 5.82 Å². The lowest BCUT2D eigenvalue weighted by Crippen LogP contribution is -2.44. The largest absolute Gasteiger partial charge is 0.354 e. The van der Waals surface area contributed by atoms with Crippen molar-refractivity contribution in [2.45, 2.75) is 38.5 Å². The molecule has 4 nitrogen and oxygen atoms in total. The predicted octanol–water partition coefficient (Wildman–Crippen LogP) is 4.49. The van der Waals surface area contributed by atoms with Crippen LogP contribution in [0.3, 0.4) is 0 Å². The number of nitriles is 1. The van der Waals surface area contributed by atoms with Crippen LogP contribution in [0.25, 0.3) is 11.1 Å². The zero-order valence-corrected chi connectivity index (χ0v) is 16.9. The Morgan fingerprint density at radius 2 is 1.68 bits per heavy atom. The summed E-state index contributed by atoms with van der Waals surface area (Å²) in [5.41, 5.74) is 4.32. The number of rotatable bonds is 4. The normalized spacial score (nSPS) is 18.8. The van der Waals surface area contributed by atoms with Crippen LogP contribution in [0.4, 0.5) is 5.82 Å². The fourth-order valence-electron chi connectivity index (χ4n) is 4.46. The highest BCUT2D eigenvalue weighted by Crippen LogP contribution is 2.30. The van der Waals surface area contributed by atoms with Crippen molar-refractivity contribution in [3.63, 3.8) is 0 Å². The van der Waals surface area contributed by atoms with Gasteiger partial charge in [0, 0.05) is 31.9 Å². The Morgan fingerprint density at radius 1 is 0.964 bits per heavy atom. The number of likely N-dealkylation sites (N-methyl/N-ethyl adjacent to an activating group) is 1. The average Bonchev–Trinajstić information content (AvgIpc) is 2.75. The smallest absolute Gasteiger partial charge is 0.129 e. The van der Waals surface area contributed by atoms with Gasteiger partial charge in [-0.05, 0) is 54.8 Å². The zero-order chi connectivity index (χ0) is 19.3. The zero-order valence-electron chi connectivity index (χ0n) is 16.9. The SMILES string of the molecule is CN1CCN(c2cc(-c3ccc(C#N)cc3)cc(CC3CCCCC3)n2)CC1. The molecule has 2 aliphatic rings. The highest BCUT2D eigenvalue weighted by molar-refractivity contribution is 5.68. The lowest BCUT2D eigenvalue weighted by atomic mass is 9.85. The predicted molar refractivity (Wildman–Crippen MR) is 114 cm³/mol. The van der Waals surface area contributed by atoms with E-state index in [2.05, 4.69) is 47.2 Å². The molecule has 28 heavy (non-hydrogen) atoms. The summed E-state index contributed by atoms with van der Waals surface area (Å²) in [7, 11) is 2.19. The maximum absolute atomic E-state index is 9.09. The Morgan fingerprint density at radius 3 is 2.36 bits per heavy atom. The van der Waals surface area contributed by atoms with E-state index in [1.54, 1.807) is 0 Å². The molecule has 1 saturated carbocycles. The Labute approximate surface area is 168 Å². The summed E-state index contributed by atoms with van der Waals surface area (Å²) in [5, 5.41) is 9.09. The molecule has 0 radical (unpaired) electrons. The van der Waals surface area contributed by atoms with Gasteiger partial charge in [-0.1, -0.05) is 44.2 Å². The van der Waals surface area contributed by atoms with Crippen molar-refractivity contribution in [1.82, 2.24) is 9.88 Å². The molecule has 1 aliphatic carbocycles. The molecule has 1 saturated heterocycles. The van der Waals surface area contributed by atoms with Crippen LogP contribution < -0.4 is 4.90 Å². The van der Waals surface area contributed by atoms with Gasteiger partial charge >= 0.3 is 0 Å². The second kappa shape index (κ2) is 8.75. The van der Waals surface area contributed by atoms with Crippen molar-refractivity contribution in [3.05, 3.63) is 47.7 Å². The molecule has 4 heteroatoms. The minimum atomic E-state index is 0.708. The third kappa shape index (κ3) is 4.54. The topological polar surface area (TPSA) is 43.2 Å². The van der Waals surface area contributed by atoms with E-state index in [0.717, 1.165) is 44.3 Å². The second-order valence-electron chi connectivity index (χ2n) is 8.39.